The number of hydrogen-bond acceptors (Lipinski definition) is 5. The SMILES string of the molecule is O=C(c1csc(Nc2cccc3ccccc23)n1)N1CCN(CC=Cc2ccccc2)CC1. The highest BCUT2D eigenvalue weighted by atomic mass is 32.1. The highest BCUT2D eigenvalue weighted by Crippen LogP contribution is 2.28. The molecule has 0 radical (unpaired) electrons. The van der Waals surface area contributed by atoms with Crippen molar-refractivity contribution in [2.45, 2.75) is 0 Å². The number of amides is 1. The minimum Gasteiger partial charge on any atom is -0.335 e. The standard InChI is InChI=1S/C27H26N4OS/c32-26(31-18-16-30(17-19-31)15-7-10-21-8-2-1-3-9-21)25-20-33-27(29-25)28-24-14-6-12-22-11-4-5-13-23(22)24/h1-14,20H,15-19H2,(H,28,29). The number of piperazine rings is 1. The Hall–Kier alpha value is -3.48. The fourth-order valence-corrected chi connectivity index (χ4v) is 4.77. The highest BCUT2D eigenvalue weighted by Gasteiger charge is 2.23. The predicted octanol–water partition coefficient (Wildman–Crippen LogP) is 5.51. The van der Waals surface area contributed by atoms with E-state index in [-0.39, 0.29) is 5.91 Å². The second-order valence-corrected chi connectivity index (χ2v) is 8.95. The number of benzene rings is 3. The molecule has 5 nitrogen and oxygen atoms in total. The summed E-state index contributed by atoms with van der Waals surface area (Å²) in [6.45, 7) is 4.09. The van der Waals surface area contributed by atoms with Gasteiger partial charge in [-0.3, -0.25) is 9.69 Å². The smallest absolute Gasteiger partial charge is 0.273 e. The third-order valence-electron chi connectivity index (χ3n) is 5.89. The highest BCUT2D eigenvalue weighted by molar-refractivity contribution is 7.14. The van der Waals surface area contributed by atoms with Gasteiger partial charge in [0.25, 0.3) is 5.91 Å². The minimum absolute atomic E-state index is 0.0108. The zero-order valence-electron chi connectivity index (χ0n) is 18.4. The van der Waals surface area contributed by atoms with Gasteiger partial charge in [-0.05, 0) is 17.0 Å². The van der Waals surface area contributed by atoms with E-state index < -0.39 is 0 Å². The summed E-state index contributed by atoms with van der Waals surface area (Å²) in [4.78, 5) is 21.9. The van der Waals surface area contributed by atoms with E-state index in [4.69, 9.17) is 0 Å². The molecule has 166 valence electrons. The summed E-state index contributed by atoms with van der Waals surface area (Å²) in [5.41, 5.74) is 2.72. The van der Waals surface area contributed by atoms with Gasteiger partial charge in [0.15, 0.2) is 5.13 Å². The Morgan fingerprint density at radius 2 is 1.70 bits per heavy atom. The summed E-state index contributed by atoms with van der Waals surface area (Å²) in [5, 5.41) is 8.29. The fourth-order valence-electron chi connectivity index (χ4n) is 4.08. The quantitative estimate of drug-likeness (QED) is 0.417. The van der Waals surface area contributed by atoms with Crippen LogP contribution in [0.25, 0.3) is 16.8 Å². The molecule has 1 aromatic heterocycles. The van der Waals surface area contributed by atoms with Crippen molar-refractivity contribution < 1.29 is 4.79 Å². The normalized spacial score (nSPS) is 14.7. The Kier molecular flexibility index (Phi) is 6.46. The Balaban J connectivity index is 1.16. The summed E-state index contributed by atoms with van der Waals surface area (Å²) < 4.78 is 0. The number of aromatic nitrogens is 1. The zero-order chi connectivity index (χ0) is 22.5. The second kappa shape index (κ2) is 9.98. The molecule has 1 N–H and O–H groups in total. The lowest BCUT2D eigenvalue weighted by atomic mass is 10.1. The van der Waals surface area contributed by atoms with Gasteiger partial charge in [0.2, 0.25) is 0 Å². The monoisotopic (exact) mass is 454 g/mol. The van der Waals surface area contributed by atoms with Crippen LogP contribution in [0.2, 0.25) is 0 Å². The van der Waals surface area contributed by atoms with Crippen LogP contribution in [-0.4, -0.2) is 53.4 Å². The van der Waals surface area contributed by atoms with Crippen LogP contribution >= 0.6 is 11.3 Å². The number of nitrogens with one attached hydrogen (secondary N) is 1. The average Bonchev–Trinajstić information content (AvgIpc) is 3.33. The van der Waals surface area contributed by atoms with Gasteiger partial charge < -0.3 is 10.2 Å². The fraction of sp³-hybridized carbons (Fsp3) is 0.185. The maximum absolute atomic E-state index is 13.0. The lowest BCUT2D eigenvalue weighted by molar-refractivity contribution is 0.0645. The van der Waals surface area contributed by atoms with Crippen LogP contribution in [0, 0.1) is 0 Å². The van der Waals surface area contributed by atoms with Gasteiger partial charge in [0.1, 0.15) is 5.69 Å². The van der Waals surface area contributed by atoms with Crippen LogP contribution < -0.4 is 5.32 Å². The first-order valence-corrected chi connectivity index (χ1v) is 12.1. The molecule has 0 unspecified atom stereocenters. The zero-order valence-corrected chi connectivity index (χ0v) is 19.2. The van der Waals surface area contributed by atoms with Crippen molar-refractivity contribution in [1.29, 1.82) is 0 Å². The summed E-state index contributed by atoms with van der Waals surface area (Å²) >= 11 is 1.47. The lowest BCUT2D eigenvalue weighted by Gasteiger charge is -2.33. The largest absolute Gasteiger partial charge is 0.335 e. The molecule has 1 aliphatic heterocycles. The minimum atomic E-state index is 0.0108. The van der Waals surface area contributed by atoms with Crippen molar-refractivity contribution in [3.63, 3.8) is 0 Å². The summed E-state index contributed by atoms with van der Waals surface area (Å²) in [6, 6.07) is 24.7. The van der Waals surface area contributed by atoms with Crippen LogP contribution in [-0.2, 0) is 0 Å². The van der Waals surface area contributed by atoms with Crippen molar-refractivity contribution in [2.75, 3.05) is 38.0 Å². The molecule has 1 amide bonds. The number of thiazole rings is 1. The van der Waals surface area contributed by atoms with Crippen molar-refractivity contribution in [3.05, 3.63) is 95.5 Å². The van der Waals surface area contributed by atoms with E-state index in [2.05, 4.69) is 57.7 Å². The van der Waals surface area contributed by atoms with E-state index in [1.807, 2.05) is 52.7 Å². The van der Waals surface area contributed by atoms with E-state index in [1.54, 1.807) is 0 Å². The van der Waals surface area contributed by atoms with Gasteiger partial charge in [0.05, 0.1) is 0 Å². The van der Waals surface area contributed by atoms with Gasteiger partial charge in [0, 0.05) is 49.2 Å². The Morgan fingerprint density at radius 3 is 2.55 bits per heavy atom. The molecule has 1 aliphatic rings. The van der Waals surface area contributed by atoms with Crippen LogP contribution in [0.1, 0.15) is 16.1 Å². The number of anilines is 2. The summed E-state index contributed by atoms with van der Waals surface area (Å²) in [5.74, 6) is 0.0108. The molecule has 4 aromatic rings. The molecule has 0 atom stereocenters. The Bertz CT molecular complexity index is 1250. The molecule has 6 heteroatoms. The first-order chi connectivity index (χ1) is 16.3. The lowest BCUT2D eigenvalue weighted by Crippen LogP contribution is -2.48. The first kappa shape index (κ1) is 21.4. The van der Waals surface area contributed by atoms with Crippen molar-refractivity contribution >= 4 is 44.9 Å². The van der Waals surface area contributed by atoms with Gasteiger partial charge in [-0.2, -0.15) is 0 Å². The Labute approximate surface area is 198 Å². The van der Waals surface area contributed by atoms with E-state index >= 15 is 0 Å². The molecule has 0 aliphatic carbocycles. The maximum atomic E-state index is 13.0. The molecule has 0 saturated carbocycles. The maximum Gasteiger partial charge on any atom is 0.273 e. The van der Waals surface area contributed by atoms with Gasteiger partial charge >= 0.3 is 0 Å². The molecule has 5 rings (SSSR count). The van der Waals surface area contributed by atoms with E-state index in [1.165, 1.54) is 22.3 Å². The predicted molar refractivity (Wildman–Crippen MR) is 137 cm³/mol. The van der Waals surface area contributed by atoms with Crippen LogP contribution in [0.3, 0.4) is 0 Å². The number of fused-ring (bicyclic) bond motifs is 1. The molecule has 3 aromatic carbocycles. The van der Waals surface area contributed by atoms with Crippen LogP contribution in [0.5, 0.6) is 0 Å². The molecule has 1 fully saturated rings. The van der Waals surface area contributed by atoms with E-state index in [9.17, 15) is 4.79 Å². The number of nitrogens with zero attached hydrogens (tertiary/aromatic N) is 3. The van der Waals surface area contributed by atoms with Gasteiger partial charge in [-0.25, -0.2) is 4.98 Å². The topological polar surface area (TPSA) is 48.5 Å². The Morgan fingerprint density at radius 1 is 0.939 bits per heavy atom. The molecular weight excluding hydrogens is 428 g/mol. The molecule has 1 saturated heterocycles. The summed E-state index contributed by atoms with van der Waals surface area (Å²) in [7, 11) is 0. The third-order valence-corrected chi connectivity index (χ3v) is 6.65. The van der Waals surface area contributed by atoms with Crippen molar-refractivity contribution in [3.8, 4) is 0 Å². The number of rotatable bonds is 6. The third kappa shape index (κ3) is 5.13. The number of carbonyl (C=O) groups excluding carboxylic acids is 1. The molecular formula is C27H26N4OS. The number of hydrogen-bond donors (Lipinski definition) is 1. The van der Waals surface area contributed by atoms with Crippen LogP contribution in [0.4, 0.5) is 10.8 Å². The molecule has 33 heavy (non-hydrogen) atoms. The average molecular weight is 455 g/mol. The van der Waals surface area contributed by atoms with E-state index in [0.29, 0.717) is 5.69 Å². The van der Waals surface area contributed by atoms with Crippen molar-refractivity contribution in [1.82, 2.24) is 14.8 Å². The van der Waals surface area contributed by atoms with Crippen LogP contribution in [0.15, 0.2) is 84.3 Å². The van der Waals surface area contributed by atoms with Gasteiger partial charge in [-0.15, -0.1) is 11.3 Å². The molecule has 0 bridgehead atoms. The first-order valence-electron chi connectivity index (χ1n) is 11.2. The molecule has 2 heterocycles. The second-order valence-electron chi connectivity index (χ2n) is 8.10. The van der Waals surface area contributed by atoms with Crippen molar-refractivity contribution in [2.24, 2.45) is 0 Å². The summed E-state index contributed by atoms with van der Waals surface area (Å²) in [6.07, 6.45) is 4.34. The van der Waals surface area contributed by atoms with E-state index in [0.717, 1.165) is 48.9 Å². The van der Waals surface area contributed by atoms with Gasteiger partial charge in [-0.1, -0.05) is 78.9 Å². The number of carbonyl (C=O) groups is 1. The molecule has 0 spiro atoms.